The zero-order chi connectivity index (χ0) is 27.0. The number of carbonyl (C=O) groups is 2. The number of aliphatic hydroxyl groups is 1. The van der Waals surface area contributed by atoms with Crippen molar-refractivity contribution in [2.75, 3.05) is 0 Å². The third kappa shape index (κ3) is 5.20. The lowest BCUT2D eigenvalue weighted by atomic mass is 9.79. The minimum atomic E-state index is -1.59. The molecule has 0 amide bonds. The van der Waals surface area contributed by atoms with Crippen molar-refractivity contribution >= 4 is 17.8 Å². The minimum Gasteiger partial charge on any atom is -0.507 e. The van der Waals surface area contributed by atoms with E-state index in [4.69, 9.17) is 14.2 Å². The summed E-state index contributed by atoms with van der Waals surface area (Å²) in [6.07, 6.45) is 4.61. The van der Waals surface area contributed by atoms with Gasteiger partial charge in [0.15, 0.2) is 11.6 Å². The first-order valence-electron chi connectivity index (χ1n) is 13.4. The number of ketones is 1. The van der Waals surface area contributed by atoms with Crippen molar-refractivity contribution in [1.82, 2.24) is 0 Å². The normalized spacial score (nSPS) is 26.7. The molecule has 1 fully saturated rings. The first-order valence-corrected chi connectivity index (χ1v) is 13.4. The molecule has 200 valence electrons. The second-order valence-electron chi connectivity index (χ2n) is 10.5. The van der Waals surface area contributed by atoms with Gasteiger partial charge < -0.3 is 24.4 Å². The van der Waals surface area contributed by atoms with Crippen LogP contribution in [0.15, 0.2) is 72.8 Å². The van der Waals surface area contributed by atoms with E-state index in [1.165, 1.54) is 6.07 Å². The van der Waals surface area contributed by atoms with Crippen LogP contribution in [0.4, 0.5) is 0 Å². The summed E-state index contributed by atoms with van der Waals surface area (Å²) in [6.45, 7) is 0. The van der Waals surface area contributed by atoms with Gasteiger partial charge in [-0.05, 0) is 42.4 Å². The van der Waals surface area contributed by atoms with Crippen LogP contribution in [-0.4, -0.2) is 33.9 Å². The molecule has 0 radical (unpaired) electrons. The summed E-state index contributed by atoms with van der Waals surface area (Å²) in [5, 5.41) is 22.5. The summed E-state index contributed by atoms with van der Waals surface area (Å²) >= 11 is 0. The maximum absolute atomic E-state index is 13.3. The summed E-state index contributed by atoms with van der Waals surface area (Å²) in [7, 11) is 0. The van der Waals surface area contributed by atoms with E-state index < -0.39 is 17.9 Å². The van der Waals surface area contributed by atoms with Gasteiger partial charge in [0.1, 0.15) is 28.9 Å². The van der Waals surface area contributed by atoms with E-state index in [1.807, 2.05) is 66.7 Å². The largest absolute Gasteiger partial charge is 0.507 e. The molecular weight excluding hydrogens is 496 g/mol. The Bertz CT molecular complexity index is 1420. The van der Waals surface area contributed by atoms with Crippen molar-refractivity contribution in [2.45, 2.75) is 62.4 Å². The van der Waals surface area contributed by atoms with Crippen LogP contribution in [0.1, 0.15) is 77.6 Å². The van der Waals surface area contributed by atoms with Gasteiger partial charge in [-0.2, -0.15) is 0 Å². The molecule has 3 aromatic rings. The standard InChI is InChI=1S/C32H30O7/c33-24-17-26(21-10-5-2-6-11-21)38-31-29-22-16-23(12-7-13-28(35)37-27(29)18-25(34)30(24)31)39-32(36,19-22)15-14-20-8-3-1-4-9-20/h1-6,8-11,14-15,18,22-23,26,34,36H,7,12-13,16-17,19H2/b15-14+/t22-,23+,26-,32-/m0/s1. The molecule has 7 heteroatoms. The topological polar surface area (TPSA) is 102 Å². The minimum absolute atomic E-state index is 0.0727. The molecule has 3 heterocycles. The van der Waals surface area contributed by atoms with Crippen LogP contribution in [-0.2, 0) is 9.53 Å². The number of esters is 1. The van der Waals surface area contributed by atoms with Gasteiger partial charge >= 0.3 is 5.97 Å². The quantitative estimate of drug-likeness (QED) is 0.326. The molecule has 1 saturated heterocycles. The number of ether oxygens (including phenoxy) is 3. The highest BCUT2D eigenvalue weighted by Crippen LogP contribution is 2.53. The summed E-state index contributed by atoms with van der Waals surface area (Å²) in [5.74, 6) is -2.57. The van der Waals surface area contributed by atoms with Crippen LogP contribution >= 0.6 is 0 Å². The molecule has 39 heavy (non-hydrogen) atoms. The number of Topliss-reactive ketones (excluding diaryl/α,β-unsaturated/α-hetero) is 1. The van der Waals surface area contributed by atoms with E-state index >= 15 is 0 Å². The fourth-order valence-electron chi connectivity index (χ4n) is 5.89. The second kappa shape index (κ2) is 10.3. The maximum Gasteiger partial charge on any atom is 0.311 e. The predicted molar refractivity (Wildman–Crippen MR) is 144 cm³/mol. The predicted octanol–water partition coefficient (Wildman–Crippen LogP) is 5.85. The molecule has 0 unspecified atom stereocenters. The number of carbonyl (C=O) groups excluding carboxylic acids is 2. The summed E-state index contributed by atoms with van der Waals surface area (Å²) in [5.41, 5.74) is 2.34. The molecule has 3 aromatic carbocycles. The number of aromatic hydroxyl groups is 1. The molecule has 4 atom stereocenters. The highest BCUT2D eigenvalue weighted by molar-refractivity contribution is 6.03. The Morgan fingerprint density at radius 2 is 1.74 bits per heavy atom. The van der Waals surface area contributed by atoms with Crippen molar-refractivity contribution in [2.24, 2.45) is 0 Å². The molecule has 3 aliphatic rings. The van der Waals surface area contributed by atoms with Crippen LogP contribution in [0.25, 0.3) is 6.08 Å². The van der Waals surface area contributed by atoms with Crippen molar-refractivity contribution in [3.63, 3.8) is 0 Å². The van der Waals surface area contributed by atoms with Crippen LogP contribution in [0, 0.1) is 0 Å². The fraction of sp³-hybridized carbons (Fsp3) is 0.312. The summed E-state index contributed by atoms with van der Waals surface area (Å²) in [6, 6.07) is 20.4. The monoisotopic (exact) mass is 526 g/mol. The van der Waals surface area contributed by atoms with Crippen LogP contribution < -0.4 is 9.47 Å². The average Bonchev–Trinajstić information content (AvgIpc) is 2.92. The smallest absolute Gasteiger partial charge is 0.311 e. The first-order chi connectivity index (χ1) is 18.9. The second-order valence-corrected chi connectivity index (χ2v) is 10.5. The number of phenols is 1. The van der Waals surface area contributed by atoms with Crippen molar-refractivity contribution < 1.29 is 34.0 Å². The van der Waals surface area contributed by atoms with E-state index in [9.17, 15) is 19.8 Å². The van der Waals surface area contributed by atoms with Gasteiger partial charge in [-0.1, -0.05) is 66.7 Å². The third-order valence-electron chi connectivity index (χ3n) is 7.67. The maximum atomic E-state index is 13.3. The molecule has 7 nitrogen and oxygen atoms in total. The number of phenolic OH excluding ortho intramolecular Hbond substituents is 1. The van der Waals surface area contributed by atoms with Gasteiger partial charge in [-0.3, -0.25) is 9.59 Å². The van der Waals surface area contributed by atoms with Gasteiger partial charge in [0.2, 0.25) is 0 Å². The fourth-order valence-corrected chi connectivity index (χ4v) is 5.89. The van der Waals surface area contributed by atoms with Crippen LogP contribution in [0.3, 0.4) is 0 Å². The van der Waals surface area contributed by atoms with E-state index in [-0.39, 0.29) is 59.9 Å². The zero-order valence-corrected chi connectivity index (χ0v) is 21.4. The number of fused-ring (bicyclic) bond motifs is 6. The molecule has 0 aliphatic carbocycles. The average molecular weight is 527 g/mol. The lowest BCUT2D eigenvalue weighted by Gasteiger charge is -2.42. The molecule has 0 saturated carbocycles. The molecule has 0 aromatic heterocycles. The molecule has 2 bridgehead atoms. The van der Waals surface area contributed by atoms with Crippen LogP contribution in [0.2, 0.25) is 0 Å². The highest BCUT2D eigenvalue weighted by Gasteiger charge is 2.44. The number of rotatable bonds is 3. The van der Waals surface area contributed by atoms with E-state index in [2.05, 4.69) is 0 Å². The molecular formula is C32H30O7. The Kier molecular flexibility index (Phi) is 6.71. The molecule has 6 rings (SSSR count). The third-order valence-corrected chi connectivity index (χ3v) is 7.67. The Hall–Kier alpha value is -3.94. The molecule has 2 N–H and O–H groups in total. The van der Waals surface area contributed by atoms with Crippen molar-refractivity contribution in [1.29, 1.82) is 0 Å². The van der Waals surface area contributed by atoms with E-state index in [0.717, 1.165) is 11.1 Å². The van der Waals surface area contributed by atoms with E-state index in [1.54, 1.807) is 6.08 Å². The lowest BCUT2D eigenvalue weighted by molar-refractivity contribution is -0.227. The molecule has 3 aliphatic heterocycles. The number of hydrogen-bond acceptors (Lipinski definition) is 7. The van der Waals surface area contributed by atoms with E-state index in [0.29, 0.717) is 24.8 Å². The van der Waals surface area contributed by atoms with Gasteiger partial charge in [0, 0.05) is 24.5 Å². The highest BCUT2D eigenvalue weighted by atomic mass is 16.6. The Morgan fingerprint density at radius 1 is 1.00 bits per heavy atom. The van der Waals surface area contributed by atoms with Crippen molar-refractivity contribution in [3.05, 3.63) is 95.1 Å². The lowest BCUT2D eigenvalue weighted by Crippen LogP contribution is -2.42. The van der Waals surface area contributed by atoms with Gasteiger partial charge in [-0.15, -0.1) is 0 Å². The van der Waals surface area contributed by atoms with Gasteiger partial charge in [-0.25, -0.2) is 0 Å². The SMILES string of the molecule is O=C1CCC[C@@H]2C[C@@H](C[C@](O)(/C=C/c3ccccc3)O2)c2c(cc(O)c3c2O[C@H](c2ccccc2)CC3=O)O1. The van der Waals surface area contributed by atoms with Gasteiger partial charge in [0.05, 0.1) is 12.5 Å². The van der Waals surface area contributed by atoms with Gasteiger partial charge in [0.25, 0.3) is 0 Å². The summed E-state index contributed by atoms with van der Waals surface area (Å²) in [4.78, 5) is 26.0. The Balaban J connectivity index is 1.45. The molecule has 0 spiro atoms. The summed E-state index contributed by atoms with van der Waals surface area (Å²) < 4.78 is 18.4. The number of benzene rings is 3. The van der Waals surface area contributed by atoms with Crippen LogP contribution in [0.5, 0.6) is 17.2 Å². The Labute approximate surface area is 226 Å². The zero-order valence-electron chi connectivity index (χ0n) is 21.4. The first kappa shape index (κ1) is 25.3. The van der Waals surface area contributed by atoms with Crippen molar-refractivity contribution in [3.8, 4) is 17.2 Å². The Morgan fingerprint density at radius 3 is 2.51 bits per heavy atom. The number of hydrogen-bond donors (Lipinski definition) is 2.